The Morgan fingerprint density at radius 3 is 2.09 bits per heavy atom. The summed E-state index contributed by atoms with van der Waals surface area (Å²) in [5.74, 6) is 0.490. The molecule has 0 unspecified atom stereocenters. The Hall–Kier alpha value is -3.86. The molecule has 2 aromatic rings. The van der Waals surface area contributed by atoms with E-state index in [1.54, 1.807) is 12.1 Å². The second-order valence-corrected chi connectivity index (χ2v) is 7.69. The van der Waals surface area contributed by atoms with Gasteiger partial charge in [0.25, 0.3) is 10.0 Å². The van der Waals surface area contributed by atoms with Gasteiger partial charge in [-0.1, -0.05) is 0 Å². The molecule has 0 aliphatic carbocycles. The number of sulfonamides is 1. The molecule has 0 atom stereocenters. The molecule has 0 spiro atoms. The molecule has 0 aliphatic rings. The van der Waals surface area contributed by atoms with Crippen LogP contribution in [0.15, 0.2) is 48.0 Å². The zero-order valence-corrected chi connectivity index (χ0v) is 18.7. The van der Waals surface area contributed by atoms with Crippen molar-refractivity contribution in [2.75, 3.05) is 38.5 Å². The second-order valence-electron chi connectivity index (χ2n) is 6.13. The van der Waals surface area contributed by atoms with Gasteiger partial charge in [-0.3, -0.25) is 4.72 Å². The third-order valence-corrected chi connectivity index (χ3v) is 5.11. The molecule has 0 bridgehead atoms. The molecule has 2 aromatic carbocycles. The predicted octanol–water partition coefficient (Wildman–Crippen LogP) is 3.14. The van der Waals surface area contributed by atoms with Gasteiger partial charge in [-0.25, -0.2) is 13.2 Å². The summed E-state index contributed by atoms with van der Waals surface area (Å²) in [6, 6.07) is 7.71. The van der Waals surface area contributed by atoms with E-state index in [1.807, 2.05) is 0 Å². The molecule has 0 saturated carbocycles. The van der Waals surface area contributed by atoms with Gasteiger partial charge >= 0.3 is 5.97 Å². The van der Waals surface area contributed by atoms with E-state index in [1.165, 1.54) is 58.9 Å². The molecule has 0 saturated heterocycles. The maximum absolute atomic E-state index is 12.6. The summed E-state index contributed by atoms with van der Waals surface area (Å²) in [6.45, 7) is 0. The number of methoxy groups -OCH3 is 4. The number of hydrogen-bond donors (Lipinski definition) is 3. The van der Waals surface area contributed by atoms with Crippen molar-refractivity contribution in [1.82, 2.24) is 0 Å². The first-order valence-electron chi connectivity index (χ1n) is 9.08. The number of anilines is 2. The van der Waals surface area contributed by atoms with Gasteiger partial charge < -0.3 is 29.4 Å². The smallest absolute Gasteiger partial charge is 0.329 e. The van der Waals surface area contributed by atoms with Crippen LogP contribution in [0, 0.1) is 0 Å². The van der Waals surface area contributed by atoms with Crippen molar-refractivity contribution >= 4 is 33.4 Å². The van der Waals surface area contributed by atoms with Crippen LogP contribution in [-0.2, 0) is 14.8 Å². The van der Waals surface area contributed by atoms with Crippen molar-refractivity contribution in [3.05, 3.63) is 53.6 Å². The van der Waals surface area contributed by atoms with Crippen LogP contribution in [0.5, 0.6) is 23.0 Å². The molecule has 0 fully saturated rings. The minimum atomic E-state index is -3.92. The van der Waals surface area contributed by atoms with Crippen molar-refractivity contribution < 1.29 is 37.3 Å². The van der Waals surface area contributed by atoms with Crippen LogP contribution in [0.25, 0.3) is 6.08 Å². The van der Waals surface area contributed by atoms with Gasteiger partial charge in [-0.15, -0.1) is 0 Å². The van der Waals surface area contributed by atoms with Crippen molar-refractivity contribution in [2.45, 2.75) is 0 Å². The topological polar surface area (TPSA) is 132 Å². The molecule has 32 heavy (non-hydrogen) atoms. The van der Waals surface area contributed by atoms with Crippen LogP contribution >= 0.6 is 0 Å². The Bertz CT molecular complexity index is 1100. The maximum Gasteiger partial charge on any atom is 0.329 e. The van der Waals surface area contributed by atoms with Gasteiger partial charge in [0, 0.05) is 24.4 Å². The average Bonchev–Trinajstić information content (AvgIpc) is 2.76. The van der Waals surface area contributed by atoms with E-state index in [4.69, 9.17) is 24.1 Å². The minimum absolute atomic E-state index is 0.232. The van der Waals surface area contributed by atoms with Crippen LogP contribution in [0.3, 0.4) is 0 Å². The van der Waals surface area contributed by atoms with E-state index >= 15 is 0 Å². The Morgan fingerprint density at radius 1 is 0.938 bits per heavy atom. The number of hydrogen-bond acceptors (Lipinski definition) is 8. The number of carbonyl (C=O) groups is 1. The first kappa shape index (κ1) is 24.4. The molecule has 172 valence electrons. The SMILES string of the molecule is COc1cc(OC)c(/C=C/S(=O)(=O)Nc2ccc(OC)c(N/C=C/C(=O)O)c2)c(OC)c1. The van der Waals surface area contributed by atoms with Gasteiger partial charge in [-0.2, -0.15) is 0 Å². The molecule has 0 radical (unpaired) electrons. The van der Waals surface area contributed by atoms with Crippen molar-refractivity contribution in [2.24, 2.45) is 0 Å². The number of nitrogens with one attached hydrogen (secondary N) is 2. The van der Waals surface area contributed by atoms with Gasteiger partial charge in [0.1, 0.15) is 23.0 Å². The maximum atomic E-state index is 12.6. The van der Waals surface area contributed by atoms with Crippen molar-refractivity contribution in [3.63, 3.8) is 0 Å². The summed E-state index contributed by atoms with van der Waals surface area (Å²) >= 11 is 0. The number of benzene rings is 2. The highest BCUT2D eigenvalue weighted by Crippen LogP contribution is 2.35. The van der Waals surface area contributed by atoms with E-state index < -0.39 is 16.0 Å². The van der Waals surface area contributed by atoms with Crippen LogP contribution < -0.4 is 29.0 Å². The molecule has 0 aliphatic heterocycles. The summed E-state index contributed by atoms with van der Waals surface area (Å²) in [6.07, 6.45) is 3.44. The highest BCUT2D eigenvalue weighted by molar-refractivity contribution is 7.95. The Kier molecular flexibility index (Phi) is 8.36. The summed E-state index contributed by atoms with van der Waals surface area (Å²) < 4.78 is 48.7. The highest BCUT2D eigenvalue weighted by Gasteiger charge is 2.14. The van der Waals surface area contributed by atoms with Gasteiger partial charge in [0.15, 0.2) is 0 Å². The van der Waals surface area contributed by atoms with Crippen LogP contribution in [0.1, 0.15) is 5.56 Å². The molecule has 0 amide bonds. The summed E-state index contributed by atoms with van der Waals surface area (Å²) in [4.78, 5) is 10.6. The van der Waals surface area contributed by atoms with E-state index in [-0.39, 0.29) is 5.69 Å². The lowest BCUT2D eigenvalue weighted by Crippen LogP contribution is -2.09. The number of aliphatic carboxylic acids is 1. The van der Waals surface area contributed by atoms with Gasteiger partial charge in [-0.05, 0) is 24.3 Å². The van der Waals surface area contributed by atoms with Gasteiger partial charge in [0.2, 0.25) is 0 Å². The molecule has 3 N–H and O–H groups in total. The summed E-state index contributed by atoms with van der Waals surface area (Å²) in [7, 11) is 1.90. The van der Waals surface area contributed by atoms with Crippen molar-refractivity contribution in [1.29, 1.82) is 0 Å². The molecule has 0 aromatic heterocycles. The first-order chi connectivity index (χ1) is 15.2. The van der Waals surface area contributed by atoms with Crippen LogP contribution in [0.4, 0.5) is 11.4 Å². The summed E-state index contributed by atoms with van der Waals surface area (Å²) in [5.41, 5.74) is 1.01. The standard InChI is InChI=1S/C21H24N2O8S/c1-28-15-12-19(30-3)16(20(13-15)31-4)8-10-32(26,27)23-14-5-6-18(29-2)17(11-14)22-9-7-21(24)25/h5-13,22-23H,1-4H3,(H,24,25)/b9-7+,10-8+. The monoisotopic (exact) mass is 464 g/mol. The fourth-order valence-electron chi connectivity index (χ4n) is 2.64. The first-order valence-corrected chi connectivity index (χ1v) is 10.6. The predicted molar refractivity (Wildman–Crippen MR) is 121 cm³/mol. The Balaban J connectivity index is 2.31. The minimum Gasteiger partial charge on any atom is -0.496 e. The molecule has 0 heterocycles. The zero-order chi connectivity index (χ0) is 23.7. The Morgan fingerprint density at radius 2 is 1.56 bits per heavy atom. The quantitative estimate of drug-likeness (QED) is 0.429. The third-order valence-electron chi connectivity index (χ3n) is 4.09. The molecular weight excluding hydrogens is 440 g/mol. The fraction of sp³-hybridized carbons (Fsp3) is 0.190. The normalized spacial score (nSPS) is 11.4. The van der Waals surface area contributed by atoms with Gasteiger partial charge in [0.05, 0.1) is 50.8 Å². The Labute approximate surface area is 186 Å². The largest absolute Gasteiger partial charge is 0.496 e. The highest BCUT2D eigenvalue weighted by atomic mass is 32.2. The third kappa shape index (κ3) is 6.57. The van der Waals surface area contributed by atoms with E-state index in [0.29, 0.717) is 34.2 Å². The zero-order valence-electron chi connectivity index (χ0n) is 17.9. The number of carboxylic acid groups (broad SMARTS) is 1. The lowest BCUT2D eigenvalue weighted by Gasteiger charge is -2.13. The number of ether oxygens (including phenoxy) is 4. The molecule has 11 heteroatoms. The van der Waals surface area contributed by atoms with E-state index in [9.17, 15) is 13.2 Å². The second kappa shape index (κ2) is 11.0. The molecule has 2 rings (SSSR count). The summed E-state index contributed by atoms with van der Waals surface area (Å²) in [5, 5.41) is 12.4. The van der Waals surface area contributed by atoms with Crippen molar-refractivity contribution in [3.8, 4) is 23.0 Å². The van der Waals surface area contributed by atoms with E-state index in [2.05, 4.69) is 10.0 Å². The lowest BCUT2D eigenvalue weighted by atomic mass is 10.1. The number of carboxylic acids is 1. The molecule has 10 nitrogen and oxygen atoms in total. The molecular formula is C21H24N2O8S. The average molecular weight is 464 g/mol. The van der Waals surface area contributed by atoms with Crippen LogP contribution in [-0.4, -0.2) is 47.9 Å². The van der Waals surface area contributed by atoms with E-state index in [0.717, 1.165) is 11.5 Å². The van der Waals surface area contributed by atoms with Crippen LogP contribution in [0.2, 0.25) is 0 Å². The lowest BCUT2D eigenvalue weighted by molar-refractivity contribution is -0.131. The number of rotatable bonds is 11. The fourth-order valence-corrected chi connectivity index (χ4v) is 3.48.